The van der Waals surface area contributed by atoms with E-state index < -0.39 is 24.1 Å². The third kappa shape index (κ3) is 4.50. The highest BCUT2D eigenvalue weighted by Gasteiger charge is 2.35. The maximum Gasteiger partial charge on any atom is 0.332 e. The van der Waals surface area contributed by atoms with Crippen molar-refractivity contribution in [1.29, 1.82) is 0 Å². The van der Waals surface area contributed by atoms with Crippen LogP contribution < -0.4 is 10.1 Å². The van der Waals surface area contributed by atoms with Gasteiger partial charge in [-0.2, -0.15) is 0 Å². The Morgan fingerprint density at radius 1 is 1.26 bits per heavy atom. The molecular formula is C15H17Cl2NO5. The van der Waals surface area contributed by atoms with E-state index in [9.17, 15) is 9.59 Å². The van der Waals surface area contributed by atoms with Gasteiger partial charge in [0.2, 0.25) is 0 Å². The van der Waals surface area contributed by atoms with Crippen LogP contribution in [0.25, 0.3) is 0 Å². The second-order valence-electron chi connectivity index (χ2n) is 5.45. The minimum atomic E-state index is -1.07. The van der Waals surface area contributed by atoms with E-state index in [-0.39, 0.29) is 11.1 Å². The lowest BCUT2D eigenvalue weighted by molar-refractivity contribution is -0.150. The van der Waals surface area contributed by atoms with Crippen molar-refractivity contribution in [2.75, 3.05) is 5.32 Å². The van der Waals surface area contributed by atoms with E-state index >= 15 is 0 Å². The number of amides is 1. The molecule has 6 nitrogen and oxygen atoms in total. The number of nitrogens with one attached hydrogen (secondary N) is 1. The van der Waals surface area contributed by atoms with Gasteiger partial charge in [0.25, 0.3) is 5.91 Å². The molecule has 1 saturated heterocycles. The molecule has 1 unspecified atom stereocenters. The zero-order valence-corrected chi connectivity index (χ0v) is 14.1. The van der Waals surface area contributed by atoms with Gasteiger partial charge in [-0.1, -0.05) is 23.2 Å². The van der Waals surface area contributed by atoms with Crippen molar-refractivity contribution in [2.45, 2.75) is 45.0 Å². The smallest absolute Gasteiger partial charge is 0.332 e. The van der Waals surface area contributed by atoms with Crippen molar-refractivity contribution in [3.63, 3.8) is 0 Å². The first-order valence-corrected chi connectivity index (χ1v) is 7.88. The van der Waals surface area contributed by atoms with Gasteiger partial charge < -0.3 is 19.9 Å². The van der Waals surface area contributed by atoms with Gasteiger partial charge in [-0.15, -0.1) is 0 Å². The summed E-state index contributed by atoms with van der Waals surface area (Å²) in [5.74, 6) is -1.12. The molecule has 0 radical (unpaired) electrons. The molecule has 23 heavy (non-hydrogen) atoms. The van der Waals surface area contributed by atoms with Gasteiger partial charge in [-0.05, 0) is 32.8 Å². The molecule has 2 atom stereocenters. The summed E-state index contributed by atoms with van der Waals surface area (Å²) in [6.07, 6.45) is -1.23. The Bertz CT molecular complexity index is 620. The van der Waals surface area contributed by atoms with E-state index in [2.05, 4.69) is 5.32 Å². The quantitative estimate of drug-likeness (QED) is 0.839. The minimum absolute atomic E-state index is 0.0910. The van der Waals surface area contributed by atoms with Crippen LogP contribution in [0.2, 0.25) is 10.0 Å². The third-order valence-electron chi connectivity index (χ3n) is 3.23. The number of anilines is 1. The van der Waals surface area contributed by atoms with Crippen LogP contribution in [0.4, 0.5) is 5.69 Å². The second-order valence-corrected chi connectivity index (χ2v) is 6.26. The molecule has 2 N–H and O–H groups in total. The summed E-state index contributed by atoms with van der Waals surface area (Å²) in [5, 5.41) is 12.1. The lowest BCUT2D eigenvalue weighted by Crippen LogP contribution is -2.30. The van der Waals surface area contributed by atoms with Crippen LogP contribution in [0.15, 0.2) is 12.1 Å². The Morgan fingerprint density at radius 3 is 2.48 bits per heavy atom. The number of carboxylic acid groups (broad SMARTS) is 1. The predicted molar refractivity (Wildman–Crippen MR) is 86.4 cm³/mol. The molecule has 126 valence electrons. The van der Waals surface area contributed by atoms with Crippen LogP contribution in [0.3, 0.4) is 0 Å². The van der Waals surface area contributed by atoms with Crippen LogP contribution in [0.5, 0.6) is 5.75 Å². The van der Waals surface area contributed by atoms with Crippen LogP contribution in [0.1, 0.15) is 26.7 Å². The molecule has 1 heterocycles. The van der Waals surface area contributed by atoms with E-state index in [1.54, 1.807) is 0 Å². The number of carbonyl (C=O) groups is 2. The molecule has 0 aliphatic carbocycles. The first-order valence-electron chi connectivity index (χ1n) is 7.12. The average molecular weight is 362 g/mol. The molecule has 1 amide bonds. The maximum absolute atomic E-state index is 12.2. The van der Waals surface area contributed by atoms with Gasteiger partial charge in [0.15, 0.2) is 6.10 Å². The van der Waals surface area contributed by atoms with Gasteiger partial charge in [-0.3, -0.25) is 4.79 Å². The molecule has 0 aromatic heterocycles. The summed E-state index contributed by atoms with van der Waals surface area (Å²) in [4.78, 5) is 23.0. The zero-order chi connectivity index (χ0) is 17.1. The monoisotopic (exact) mass is 361 g/mol. The average Bonchev–Trinajstić information content (AvgIpc) is 2.93. The summed E-state index contributed by atoms with van der Waals surface area (Å²) >= 11 is 12.1. The van der Waals surface area contributed by atoms with Crippen molar-refractivity contribution >= 4 is 40.8 Å². The molecule has 1 aliphatic rings. The minimum Gasteiger partial charge on any atom is -0.489 e. The standard InChI is InChI=1S/C15H17Cl2NO5/c1-7(2)22-13-6-10(8(16)5-9(13)17)18-14(19)11-3-4-12(23-11)15(20)21/h5-7,11-12H,3-4H2,1-2H3,(H,18,19)(H,20,21)/t11?,12-/m0/s1. The van der Waals surface area contributed by atoms with Crippen molar-refractivity contribution in [3.05, 3.63) is 22.2 Å². The number of hydrogen-bond donors (Lipinski definition) is 2. The van der Waals surface area contributed by atoms with Crippen molar-refractivity contribution < 1.29 is 24.2 Å². The molecule has 1 fully saturated rings. The largest absolute Gasteiger partial charge is 0.489 e. The molecule has 0 bridgehead atoms. The second kappa shape index (κ2) is 7.38. The maximum atomic E-state index is 12.2. The Kier molecular flexibility index (Phi) is 5.73. The van der Waals surface area contributed by atoms with Gasteiger partial charge >= 0.3 is 5.97 Å². The van der Waals surface area contributed by atoms with E-state index in [1.165, 1.54) is 12.1 Å². The van der Waals surface area contributed by atoms with E-state index in [0.29, 0.717) is 29.3 Å². The Balaban J connectivity index is 2.10. The van der Waals surface area contributed by atoms with Gasteiger partial charge in [0.05, 0.1) is 21.8 Å². The fraction of sp³-hybridized carbons (Fsp3) is 0.467. The normalized spacial score (nSPS) is 20.6. The van der Waals surface area contributed by atoms with Crippen LogP contribution in [-0.4, -0.2) is 35.3 Å². The zero-order valence-electron chi connectivity index (χ0n) is 12.6. The van der Waals surface area contributed by atoms with Gasteiger partial charge in [-0.25, -0.2) is 4.79 Å². The summed E-state index contributed by atoms with van der Waals surface area (Å²) in [6, 6.07) is 3.01. The van der Waals surface area contributed by atoms with Gasteiger partial charge in [0.1, 0.15) is 11.9 Å². The Morgan fingerprint density at radius 2 is 1.91 bits per heavy atom. The molecule has 8 heteroatoms. The van der Waals surface area contributed by atoms with Crippen molar-refractivity contribution in [3.8, 4) is 5.75 Å². The number of hydrogen-bond acceptors (Lipinski definition) is 4. The highest BCUT2D eigenvalue weighted by Crippen LogP contribution is 2.35. The first kappa shape index (κ1) is 17.8. The number of carbonyl (C=O) groups excluding carboxylic acids is 1. The summed E-state index contributed by atoms with van der Waals surface area (Å²) in [7, 11) is 0. The number of carboxylic acids is 1. The molecular weight excluding hydrogens is 345 g/mol. The summed E-state index contributed by atoms with van der Waals surface area (Å²) in [6.45, 7) is 3.70. The third-order valence-corrected chi connectivity index (χ3v) is 3.84. The van der Waals surface area contributed by atoms with Gasteiger partial charge in [0, 0.05) is 6.07 Å². The SMILES string of the molecule is CC(C)Oc1cc(NC(=O)C2CC[C@@H](C(=O)O)O2)c(Cl)cc1Cl. The van der Waals surface area contributed by atoms with Crippen LogP contribution in [-0.2, 0) is 14.3 Å². The lowest BCUT2D eigenvalue weighted by atomic mass is 10.2. The molecule has 2 rings (SSSR count). The number of rotatable bonds is 5. The molecule has 1 aromatic rings. The fourth-order valence-electron chi connectivity index (χ4n) is 2.19. The Hall–Kier alpha value is -1.50. The molecule has 0 spiro atoms. The Labute approximate surface area is 143 Å². The number of ether oxygens (including phenoxy) is 2. The lowest BCUT2D eigenvalue weighted by Gasteiger charge is -2.16. The van der Waals surface area contributed by atoms with Crippen molar-refractivity contribution in [2.24, 2.45) is 0 Å². The number of benzene rings is 1. The number of halogens is 2. The molecule has 1 aliphatic heterocycles. The van der Waals surface area contributed by atoms with Crippen LogP contribution in [0, 0.1) is 0 Å². The van der Waals surface area contributed by atoms with E-state index in [1.807, 2.05) is 13.8 Å². The molecule has 0 saturated carbocycles. The fourth-order valence-corrected chi connectivity index (χ4v) is 2.67. The summed E-state index contributed by atoms with van der Waals surface area (Å²) in [5.41, 5.74) is 0.332. The highest BCUT2D eigenvalue weighted by atomic mass is 35.5. The van der Waals surface area contributed by atoms with Crippen LogP contribution >= 0.6 is 23.2 Å². The molecule has 1 aromatic carbocycles. The first-order chi connectivity index (χ1) is 10.8. The van der Waals surface area contributed by atoms with Crippen molar-refractivity contribution in [1.82, 2.24) is 0 Å². The van der Waals surface area contributed by atoms with E-state index in [4.69, 9.17) is 37.8 Å². The topological polar surface area (TPSA) is 84.9 Å². The predicted octanol–water partition coefficient (Wildman–Crippen LogP) is 3.35. The number of aliphatic carboxylic acids is 1. The summed E-state index contributed by atoms with van der Waals surface area (Å²) < 4.78 is 10.7. The van der Waals surface area contributed by atoms with E-state index in [0.717, 1.165) is 0 Å². The highest BCUT2D eigenvalue weighted by molar-refractivity contribution is 6.37.